The minimum Gasteiger partial charge on any atom is -0.365 e. The Bertz CT molecular complexity index is 397. The van der Waals surface area contributed by atoms with E-state index in [-0.39, 0.29) is 5.82 Å². The van der Waals surface area contributed by atoms with Gasteiger partial charge in [-0.1, -0.05) is 6.92 Å². The molecule has 0 saturated carbocycles. The first-order valence-electron chi connectivity index (χ1n) is 6.07. The van der Waals surface area contributed by atoms with Crippen molar-refractivity contribution in [2.45, 2.75) is 32.4 Å². The van der Waals surface area contributed by atoms with Crippen LogP contribution in [0.1, 0.15) is 20.3 Å². The number of nitrogens with one attached hydrogen (secondary N) is 1. The fourth-order valence-electron chi connectivity index (χ4n) is 2.33. The molecule has 1 fully saturated rings. The number of hydrogen-bond donors (Lipinski definition) is 1. The summed E-state index contributed by atoms with van der Waals surface area (Å²) in [5, 5.41) is 3.48. The van der Waals surface area contributed by atoms with E-state index in [1.54, 1.807) is 0 Å². The molecule has 1 aromatic rings. The van der Waals surface area contributed by atoms with E-state index in [9.17, 15) is 4.39 Å². The maximum atomic E-state index is 13.1. The molecule has 4 heteroatoms. The van der Waals surface area contributed by atoms with Gasteiger partial charge in [0.2, 0.25) is 0 Å². The standard InChI is InChI=1S/C13H18BrFN2/c1-3-11-7-16-9(2)8-17(11)13-5-4-10(15)6-12(13)14/h4-6,9,11,16H,3,7-8H2,1-2H3. The highest BCUT2D eigenvalue weighted by Gasteiger charge is 2.25. The minimum atomic E-state index is -0.197. The maximum Gasteiger partial charge on any atom is 0.124 e. The molecule has 2 nitrogen and oxygen atoms in total. The van der Waals surface area contributed by atoms with Crippen molar-refractivity contribution in [3.8, 4) is 0 Å². The number of hydrogen-bond acceptors (Lipinski definition) is 2. The van der Waals surface area contributed by atoms with E-state index >= 15 is 0 Å². The molecule has 2 atom stereocenters. The molecule has 2 rings (SSSR count). The van der Waals surface area contributed by atoms with Crippen LogP contribution in [0.25, 0.3) is 0 Å². The molecule has 1 saturated heterocycles. The van der Waals surface area contributed by atoms with Gasteiger partial charge >= 0.3 is 0 Å². The Morgan fingerprint density at radius 3 is 2.94 bits per heavy atom. The fourth-order valence-corrected chi connectivity index (χ4v) is 2.91. The van der Waals surface area contributed by atoms with Crippen molar-refractivity contribution < 1.29 is 4.39 Å². The second-order valence-corrected chi connectivity index (χ2v) is 5.47. The van der Waals surface area contributed by atoms with Gasteiger partial charge in [0.25, 0.3) is 0 Å². The van der Waals surface area contributed by atoms with Gasteiger partial charge in [-0.25, -0.2) is 4.39 Å². The molecular formula is C13H18BrFN2. The molecule has 0 radical (unpaired) electrons. The zero-order valence-electron chi connectivity index (χ0n) is 10.2. The Balaban J connectivity index is 2.28. The number of halogens is 2. The first-order chi connectivity index (χ1) is 8.11. The van der Waals surface area contributed by atoms with Crippen molar-refractivity contribution in [2.75, 3.05) is 18.0 Å². The summed E-state index contributed by atoms with van der Waals surface area (Å²) >= 11 is 3.46. The summed E-state index contributed by atoms with van der Waals surface area (Å²) in [5.41, 5.74) is 1.09. The predicted molar refractivity (Wildman–Crippen MR) is 73.0 cm³/mol. The van der Waals surface area contributed by atoms with E-state index < -0.39 is 0 Å². The molecule has 2 unspecified atom stereocenters. The zero-order valence-corrected chi connectivity index (χ0v) is 11.8. The van der Waals surface area contributed by atoms with Crippen LogP contribution in [0, 0.1) is 5.82 Å². The molecule has 17 heavy (non-hydrogen) atoms. The van der Waals surface area contributed by atoms with Crippen LogP contribution in [0.15, 0.2) is 22.7 Å². The predicted octanol–water partition coefficient (Wildman–Crippen LogP) is 3.16. The molecule has 1 N–H and O–H groups in total. The van der Waals surface area contributed by atoms with Crippen LogP contribution in [0.4, 0.5) is 10.1 Å². The Hall–Kier alpha value is -0.610. The monoisotopic (exact) mass is 300 g/mol. The molecule has 1 aliphatic rings. The van der Waals surface area contributed by atoms with Gasteiger partial charge in [0.1, 0.15) is 5.82 Å². The van der Waals surface area contributed by atoms with Gasteiger partial charge in [0.05, 0.1) is 5.69 Å². The van der Waals surface area contributed by atoms with E-state index in [1.807, 2.05) is 6.07 Å². The third kappa shape index (κ3) is 2.80. The quantitative estimate of drug-likeness (QED) is 0.902. The lowest BCUT2D eigenvalue weighted by Gasteiger charge is -2.41. The van der Waals surface area contributed by atoms with E-state index in [0.717, 1.165) is 29.7 Å². The lowest BCUT2D eigenvalue weighted by molar-refractivity contribution is 0.402. The van der Waals surface area contributed by atoms with Crippen molar-refractivity contribution in [2.24, 2.45) is 0 Å². The van der Waals surface area contributed by atoms with Gasteiger partial charge < -0.3 is 10.2 Å². The van der Waals surface area contributed by atoms with Crippen molar-refractivity contribution in [3.63, 3.8) is 0 Å². The summed E-state index contributed by atoms with van der Waals surface area (Å²) in [6.07, 6.45) is 1.09. The second kappa shape index (κ2) is 5.36. The van der Waals surface area contributed by atoms with Crippen LogP contribution in [0.3, 0.4) is 0 Å². The Morgan fingerprint density at radius 1 is 1.53 bits per heavy atom. The summed E-state index contributed by atoms with van der Waals surface area (Å²) in [5.74, 6) is -0.197. The largest absolute Gasteiger partial charge is 0.365 e. The average molecular weight is 301 g/mol. The number of nitrogens with zero attached hydrogens (tertiary/aromatic N) is 1. The van der Waals surface area contributed by atoms with Gasteiger partial charge in [-0.2, -0.15) is 0 Å². The van der Waals surface area contributed by atoms with Crippen LogP contribution in [0.5, 0.6) is 0 Å². The van der Waals surface area contributed by atoms with E-state index in [0.29, 0.717) is 12.1 Å². The molecule has 94 valence electrons. The van der Waals surface area contributed by atoms with Crippen LogP contribution in [0.2, 0.25) is 0 Å². The average Bonchev–Trinajstić information content (AvgIpc) is 2.29. The van der Waals surface area contributed by atoms with Crippen LogP contribution in [-0.2, 0) is 0 Å². The van der Waals surface area contributed by atoms with Crippen LogP contribution >= 0.6 is 15.9 Å². The Morgan fingerprint density at radius 2 is 2.29 bits per heavy atom. The summed E-state index contributed by atoms with van der Waals surface area (Å²) in [7, 11) is 0. The summed E-state index contributed by atoms with van der Waals surface area (Å²) < 4.78 is 13.9. The first kappa shape index (κ1) is 12.8. The van der Waals surface area contributed by atoms with E-state index in [1.165, 1.54) is 12.1 Å². The molecule has 0 aliphatic carbocycles. The van der Waals surface area contributed by atoms with Crippen molar-refractivity contribution in [3.05, 3.63) is 28.5 Å². The maximum absolute atomic E-state index is 13.1. The summed E-state index contributed by atoms with van der Waals surface area (Å²) in [6.45, 7) is 6.31. The molecule has 0 bridgehead atoms. The SMILES string of the molecule is CCC1CNC(C)CN1c1ccc(F)cc1Br. The highest BCUT2D eigenvalue weighted by molar-refractivity contribution is 9.10. The van der Waals surface area contributed by atoms with Gasteiger partial charge in [0.15, 0.2) is 0 Å². The van der Waals surface area contributed by atoms with Gasteiger partial charge in [-0.05, 0) is 47.5 Å². The molecule has 1 aromatic carbocycles. The smallest absolute Gasteiger partial charge is 0.124 e. The first-order valence-corrected chi connectivity index (χ1v) is 6.86. The van der Waals surface area contributed by atoms with E-state index in [2.05, 4.69) is 40.0 Å². The van der Waals surface area contributed by atoms with Gasteiger partial charge in [-0.3, -0.25) is 0 Å². The third-order valence-electron chi connectivity index (χ3n) is 3.30. The minimum absolute atomic E-state index is 0.197. The Labute approximate surface area is 110 Å². The van der Waals surface area contributed by atoms with E-state index in [4.69, 9.17) is 0 Å². The van der Waals surface area contributed by atoms with Crippen LogP contribution in [-0.4, -0.2) is 25.2 Å². The van der Waals surface area contributed by atoms with Crippen molar-refractivity contribution >= 4 is 21.6 Å². The van der Waals surface area contributed by atoms with Crippen molar-refractivity contribution in [1.29, 1.82) is 0 Å². The second-order valence-electron chi connectivity index (χ2n) is 4.62. The van der Waals surface area contributed by atoms with Crippen molar-refractivity contribution in [1.82, 2.24) is 5.32 Å². The summed E-state index contributed by atoms with van der Waals surface area (Å²) in [6, 6.07) is 5.87. The highest BCUT2D eigenvalue weighted by atomic mass is 79.9. The molecule has 0 aromatic heterocycles. The lowest BCUT2D eigenvalue weighted by atomic mass is 10.1. The molecule has 0 amide bonds. The molecular weight excluding hydrogens is 283 g/mol. The number of piperazine rings is 1. The highest BCUT2D eigenvalue weighted by Crippen LogP contribution is 2.30. The number of rotatable bonds is 2. The zero-order chi connectivity index (χ0) is 12.4. The third-order valence-corrected chi connectivity index (χ3v) is 3.94. The number of benzene rings is 1. The Kier molecular flexibility index (Phi) is 4.05. The van der Waals surface area contributed by atoms with Gasteiger partial charge in [-0.15, -0.1) is 0 Å². The molecule has 1 aliphatic heterocycles. The van der Waals surface area contributed by atoms with Crippen LogP contribution < -0.4 is 10.2 Å². The molecule has 1 heterocycles. The fraction of sp³-hybridized carbons (Fsp3) is 0.538. The van der Waals surface area contributed by atoms with Gasteiger partial charge in [0, 0.05) is 29.6 Å². The molecule has 0 spiro atoms. The lowest BCUT2D eigenvalue weighted by Crippen LogP contribution is -2.55. The number of anilines is 1. The topological polar surface area (TPSA) is 15.3 Å². The summed E-state index contributed by atoms with van der Waals surface area (Å²) in [4.78, 5) is 2.37. The normalized spacial score (nSPS) is 25.1.